The van der Waals surface area contributed by atoms with E-state index in [9.17, 15) is 0 Å². The zero-order chi connectivity index (χ0) is 14.7. The van der Waals surface area contributed by atoms with E-state index in [1.165, 1.54) is 0 Å². The number of rotatable bonds is 4. The predicted octanol–water partition coefficient (Wildman–Crippen LogP) is 2.97. The van der Waals surface area contributed by atoms with Crippen LogP contribution in [0.25, 0.3) is 0 Å². The number of nitrogens with zero attached hydrogens (tertiary/aromatic N) is 1. The van der Waals surface area contributed by atoms with Crippen molar-refractivity contribution in [3.63, 3.8) is 0 Å². The third-order valence-electron chi connectivity index (χ3n) is 3.80. The van der Waals surface area contributed by atoms with E-state index in [4.69, 9.17) is 33.7 Å². The first-order chi connectivity index (χ1) is 9.47. The van der Waals surface area contributed by atoms with Crippen molar-refractivity contribution in [2.45, 2.75) is 38.5 Å². The maximum atomic E-state index is 6.31. The van der Waals surface area contributed by atoms with Gasteiger partial charge in [0.2, 0.25) is 0 Å². The highest BCUT2D eigenvalue weighted by atomic mass is 35.5. The largest absolute Gasteiger partial charge is 0.374 e. The third kappa shape index (κ3) is 4.09. The van der Waals surface area contributed by atoms with E-state index in [1.807, 2.05) is 12.1 Å². The maximum Gasteiger partial charge on any atom is 0.0856 e. The van der Waals surface area contributed by atoms with Crippen molar-refractivity contribution in [2.24, 2.45) is 5.73 Å². The van der Waals surface area contributed by atoms with Crippen LogP contribution in [0.4, 0.5) is 0 Å². The minimum absolute atomic E-state index is 0.0428. The highest BCUT2D eigenvalue weighted by molar-refractivity contribution is 6.33. The van der Waals surface area contributed by atoms with Gasteiger partial charge in [-0.05, 0) is 44.0 Å². The van der Waals surface area contributed by atoms with Crippen LogP contribution in [0.15, 0.2) is 18.2 Å². The van der Waals surface area contributed by atoms with Gasteiger partial charge in [0.1, 0.15) is 0 Å². The molecular weight excluding hydrogens is 295 g/mol. The quantitative estimate of drug-likeness (QED) is 0.928. The lowest BCUT2D eigenvalue weighted by Gasteiger charge is -2.38. The zero-order valence-electron chi connectivity index (χ0n) is 12.0. The molecule has 2 rings (SSSR count). The number of halogens is 2. The number of ether oxygens (including phenoxy) is 1. The molecule has 1 aliphatic rings. The molecule has 20 heavy (non-hydrogen) atoms. The van der Waals surface area contributed by atoms with Crippen LogP contribution in [-0.4, -0.2) is 42.8 Å². The van der Waals surface area contributed by atoms with Crippen LogP contribution in [0, 0.1) is 0 Å². The smallest absolute Gasteiger partial charge is 0.0856 e. The summed E-state index contributed by atoms with van der Waals surface area (Å²) in [6.07, 6.45) is 0.719. The summed E-state index contributed by atoms with van der Waals surface area (Å²) in [7, 11) is 0. The van der Waals surface area contributed by atoms with E-state index in [1.54, 1.807) is 6.07 Å². The Labute approximate surface area is 131 Å². The molecule has 1 aromatic rings. The van der Waals surface area contributed by atoms with E-state index < -0.39 is 0 Å². The molecule has 2 N–H and O–H groups in total. The molecule has 0 aliphatic carbocycles. The second-order valence-corrected chi connectivity index (χ2v) is 6.45. The first-order valence-corrected chi connectivity index (χ1v) is 7.78. The van der Waals surface area contributed by atoms with E-state index >= 15 is 0 Å². The molecule has 0 radical (unpaired) electrons. The van der Waals surface area contributed by atoms with Crippen molar-refractivity contribution in [1.29, 1.82) is 0 Å². The molecular formula is C15H22Cl2N2O. The van der Waals surface area contributed by atoms with Crippen LogP contribution in [-0.2, 0) is 11.2 Å². The number of morpholine rings is 1. The average Bonchev–Trinajstić information content (AvgIpc) is 2.43. The molecule has 0 amide bonds. The van der Waals surface area contributed by atoms with Gasteiger partial charge in [0, 0.05) is 35.2 Å². The summed E-state index contributed by atoms with van der Waals surface area (Å²) in [6, 6.07) is 5.92. The van der Waals surface area contributed by atoms with Gasteiger partial charge in [0.15, 0.2) is 0 Å². The molecule has 0 saturated carbocycles. The Kier molecular flexibility index (Phi) is 5.70. The molecule has 5 heteroatoms. The van der Waals surface area contributed by atoms with Gasteiger partial charge in [0.25, 0.3) is 0 Å². The van der Waals surface area contributed by atoms with Crippen molar-refractivity contribution in [3.05, 3.63) is 33.8 Å². The van der Waals surface area contributed by atoms with Gasteiger partial charge >= 0.3 is 0 Å². The fourth-order valence-corrected chi connectivity index (χ4v) is 2.90. The molecule has 2 unspecified atom stereocenters. The number of hydrogen-bond donors (Lipinski definition) is 1. The second-order valence-electron chi connectivity index (χ2n) is 5.60. The van der Waals surface area contributed by atoms with Gasteiger partial charge in [-0.2, -0.15) is 0 Å². The van der Waals surface area contributed by atoms with E-state index in [0.717, 1.165) is 25.3 Å². The second kappa shape index (κ2) is 7.10. The molecule has 0 spiro atoms. The number of benzene rings is 1. The Morgan fingerprint density at radius 2 is 2.15 bits per heavy atom. The summed E-state index contributed by atoms with van der Waals surface area (Å²) >= 11 is 12.2. The van der Waals surface area contributed by atoms with Gasteiger partial charge < -0.3 is 10.5 Å². The first kappa shape index (κ1) is 16.1. The topological polar surface area (TPSA) is 38.5 Å². The Balaban J connectivity index is 2.00. The summed E-state index contributed by atoms with van der Waals surface area (Å²) in [5.74, 6) is 0. The first-order valence-electron chi connectivity index (χ1n) is 7.02. The molecule has 2 atom stereocenters. The average molecular weight is 317 g/mol. The Morgan fingerprint density at radius 1 is 1.40 bits per heavy atom. The van der Waals surface area contributed by atoms with Crippen LogP contribution in [0.3, 0.4) is 0 Å². The minimum Gasteiger partial charge on any atom is -0.374 e. The maximum absolute atomic E-state index is 6.31. The summed E-state index contributed by atoms with van der Waals surface area (Å²) in [4.78, 5) is 2.40. The molecule has 1 fully saturated rings. The lowest BCUT2D eigenvalue weighted by molar-refractivity contribution is -0.0495. The monoisotopic (exact) mass is 316 g/mol. The molecule has 1 heterocycles. The third-order valence-corrected chi connectivity index (χ3v) is 4.40. The van der Waals surface area contributed by atoms with Crippen LogP contribution >= 0.6 is 23.2 Å². The number of nitrogens with two attached hydrogens (primary N) is 1. The molecule has 0 bridgehead atoms. The lowest BCUT2D eigenvalue weighted by atomic mass is 10.0. The Morgan fingerprint density at radius 3 is 2.85 bits per heavy atom. The van der Waals surface area contributed by atoms with Gasteiger partial charge in [-0.25, -0.2) is 0 Å². The molecule has 1 aromatic carbocycles. The summed E-state index contributed by atoms with van der Waals surface area (Å²) in [6.45, 7) is 6.97. The summed E-state index contributed by atoms with van der Waals surface area (Å²) < 4.78 is 5.82. The van der Waals surface area contributed by atoms with Crippen molar-refractivity contribution in [1.82, 2.24) is 4.90 Å². The number of hydrogen-bond acceptors (Lipinski definition) is 3. The van der Waals surface area contributed by atoms with Gasteiger partial charge in [0.05, 0.1) is 12.7 Å². The fourth-order valence-electron chi connectivity index (χ4n) is 2.51. The normalized spacial score (nSPS) is 22.2. The van der Waals surface area contributed by atoms with Crippen molar-refractivity contribution in [3.8, 4) is 0 Å². The van der Waals surface area contributed by atoms with Gasteiger partial charge in [-0.3, -0.25) is 4.90 Å². The van der Waals surface area contributed by atoms with Gasteiger partial charge in [-0.1, -0.05) is 23.2 Å². The van der Waals surface area contributed by atoms with E-state index in [2.05, 4.69) is 18.7 Å². The zero-order valence-corrected chi connectivity index (χ0v) is 13.5. The Bertz CT molecular complexity index is 453. The van der Waals surface area contributed by atoms with Crippen LogP contribution < -0.4 is 5.73 Å². The standard InChI is InChI=1S/C15H22Cl2N2O/c1-10(2)19-5-6-20-15(9-19)14(18)8-11-7-12(16)3-4-13(11)17/h3-4,7,10,14-15H,5-6,8-9,18H2,1-2H3. The fraction of sp³-hybridized carbons (Fsp3) is 0.600. The molecule has 112 valence electrons. The van der Waals surface area contributed by atoms with Crippen molar-refractivity contribution in [2.75, 3.05) is 19.7 Å². The highest BCUT2D eigenvalue weighted by Gasteiger charge is 2.27. The molecule has 0 aromatic heterocycles. The SMILES string of the molecule is CC(C)N1CCOC(C(N)Cc2cc(Cl)ccc2Cl)C1. The van der Waals surface area contributed by atoms with Crippen LogP contribution in [0.5, 0.6) is 0 Å². The van der Waals surface area contributed by atoms with Gasteiger partial charge in [-0.15, -0.1) is 0 Å². The Hall–Kier alpha value is -0.320. The summed E-state index contributed by atoms with van der Waals surface area (Å²) in [5, 5.41) is 1.39. The highest BCUT2D eigenvalue weighted by Crippen LogP contribution is 2.23. The van der Waals surface area contributed by atoms with E-state index in [-0.39, 0.29) is 12.1 Å². The van der Waals surface area contributed by atoms with Crippen molar-refractivity contribution >= 4 is 23.2 Å². The molecule has 1 aliphatic heterocycles. The van der Waals surface area contributed by atoms with Crippen LogP contribution in [0.2, 0.25) is 10.0 Å². The molecule has 1 saturated heterocycles. The summed E-state index contributed by atoms with van der Waals surface area (Å²) in [5.41, 5.74) is 7.29. The predicted molar refractivity (Wildman–Crippen MR) is 84.6 cm³/mol. The van der Waals surface area contributed by atoms with Crippen LogP contribution in [0.1, 0.15) is 19.4 Å². The van der Waals surface area contributed by atoms with Crippen molar-refractivity contribution < 1.29 is 4.74 Å². The lowest BCUT2D eigenvalue weighted by Crippen LogP contribution is -2.53. The van der Waals surface area contributed by atoms with E-state index in [0.29, 0.717) is 22.5 Å². The molecule has 3 nitrogen and oxygen atoms in total. The minimum atomic E-state index is -0.0764.